The number of thioether (sulfide) groups is 1. The van der Waals surface area contributed by atoms with Gasteiger partial charge in [0.1, 0.15) is 18.4 Å². The third kappa shape index (κ3) is 7.31. The Morgan fingerprint density at radius 1 is 1.36 bits per heavy atom. The van der Waals surface area contributed by atoms with Crippen LogP contribution >= 0.6 is 35.7 Å². The van der Waals surface area contributed by atoms with Crippen LogP contribution in [0, 0.1) is 0 Å². The Labute approximate surface area is 171 Å². The molecule has 0 fully saturated rings. The van der Waals surface area contributed by atoms with Gasteiger partial charge >= 0.3 is 0 Å². The molecule has 0 radical (unpaired) electrons. The predicted molar refractivity (Wildman–Crippen MR) is 115 cm³/mol. The number of carbonyl (C=O) groups excluding carboxylic acids is 1. The summed E-state index contributed by atoms with van der Waals surface area (Å²) in [6.45, 7) is 1.58. The molecule has 2 rings (SSSR count). The minimum atomic E-state index is -0.0227. The largest absolute Gasteiger partial charge is 0.488 e. The van der Waals surface area contributed by atoms with E-state index in [1.807, 2.05) is 18.2 Å². The molecule has 0 saturated heterocycles. The smallest absolute Gasteiger partial charge is 0.243 e. The van der Waals surface area contributed by atoms with E-state index >= 15 is 0 Å². The lowest BCUT2D eigenvalue weighted by Gasteiger charge is -2.16. The minimum absolute atomic E-state index is 0. The van der Waals surface area contributed by atoms with E-state index in [0.717, 1.165) is 24.5 Å². The summed E-state index contributed by atoms with van der Waals surface area (Å²) in [5.41, 5.74) is 1.24. The molecule has 2 N–H and O–H groups in total. The SMILES string of the molecule is CSCCNC(=NCC(=O)N(C)C)NCC1Cc2ccccc2O1.I. The van der Waals surface area contributed by atoms with Gasteiger partial charge in [-0.15, -0.1) is 24.0 Å². The quantitative estimate of drug-likeness (QED) is 0.270. The number of hydrogen-bond acceptors (Lipinski definition) is 4. The maximum Gasteiger partial charge on any atom is 0.243 e. The third-order valence-corrected chi connectivity index (χ3v) is 4.29. The molecular weight excluding hydrogens is 451 g/mol. The monoisotopic (exact) mass is 478 g/mol. The van der Waals surface area contributed by atoms with Crippen LogP contribution in [-0.2, 0) is 11.2 Å². The molecule has 140 valence electrons. The Kier molecular flexibility index (Phi) is 10.0. The lowest BCUT2D eigenvalue weighted by Crippen LogP contribution is -2.43. The zero-order valence-corrected chi connectivity index (χ0v) is 18.1. The molecule has 6 nitrogen and oxygen atoms in total. The van der Waals surface area contributed by atoms with Crippen molar-refractivity contribution in [3.63, 3.8) is 0 Å². The lowest BCUT2D eigenvalue weighted by molar-refractivity contribution is -0.127. The van der Waals surface area contributed by atoms with E-state index in [9.17, 15) is 4.79 Å². The van der Waals surface area contributed by atoms with Gasteiger partial charge in [0, 0.05) is 32.8 Å². The van der Waals surface area contributed by atoms with Gasteiger partial charge in [-0.1, -0.05) is 18.2 Å². The van der Waals surface area contributed by atoms with Gasteiger partial charge in [-0.2, -0.15) is 11.8 Å². The molecule has 0 aliphatic carbocycles. The molecule has 1 aromatic rings. The van der Waals surface area contributed by atoms with Crippen molar-refractivity contribution in [1.29, 1.82) is 0 Å². The van der Waals surface area contributed by atoms with E-state index in [1.165, 1.54) is 5.56 Å². The Morgan fingerprint density at radius 2 is 2.12 bits per heavy atom. The predicted octanol–water partition coefficient (Wildman–Crippen LogP) is 1.59. The summed E-state index contributed by atoms with van der Waals surface area (Å²) in [6, 6.07) is 8.10. The van der Waals surface area contributed by atoms with Gasteiger partial charge in [-0.3, -0.25) is 4.79 Å². The zero-order chi connectivity index (χ0) is 17.4. The summed E-state index contributed by atoms with van der Waals surface area (Å²) in [5, 5.41) is 6.54. The number of amides is 1. The fourth-order valence-corrected chi connectivity index (χ4v) is 2.62. The van der Waals surface area contributed by atoms with Crippen molar-refractivity contribution in [1.82, 2.24) is 15.5 Å². The number of rotatable bonds is 7. The molecule has 1 aromatic carbocycles. The van der Waals surface area contributed by atoms with E-state index in [0.29, 0.717) is 12.5 Å². The summed E-state index contributed by atoms with van der Waals surface area (Å²) in [5.74, 6) is 2.57. The van der Waals surface area contributed by atoms with Crippen LogP contribution in [0.15, 0.2) is 29.3 Å². The maximum absolute atomic E-state index is 11.7. The number of hydrogen-bond donors (Lipinski definition) is 2. The number of benzene rings is 1. The van der Waals surface area contributed by atoms with E-state index in [4.69, 9.17) is 4.74 Å². The van der Waals surface area contributed by atoms with E-state index in [1.54, 1.807) is 30.8 Å². The second kappa shape index (κ2) is 11.5. The molecule has 1 heterocycles. The molecular formula is C17H27IN4O2S. The van der Waals surface area contributed by atoms with Gasteiger partial charge in [0.15, 0.2) is 5.96 Å². The maximum atomic E-state index is 11.7. The van der Waals surface area contributed by atoms with Crippen molar-refractivity contribution in [2.24, 2.45) is 4.99 Å². The summed E-state index contributed by atoms with van der Waals surface area (Å²) in [6.07, 6.45) is 3.03. The number of carbonyl (C=O) groups is 1. The standard InChI is InChI=1S/C17H26N4O2S.HI/c1-21(2)16(22)12-20-17(18-8-9-24-3)19-11-14-10-13-6-4-5-7-15(13)23-14;/h4-7,14H,8-12H2,1-3H3,(H2,18,19,20);1H. The number of halogens is 1. The minimum Gasteiger partial charge on any atom is -0.488 e. The zero-order valence-electron chi connectivity index (χ0n) is 14.9. The fourth-order valence-electron chi connectivity index (χ4n) is 2.31. The molecule has 0 saturated carbocycles. The number of aliphatic imine (C=N–C) groups is 1. The van der Waals surface area contributed by atoms with Crippen LogP contribution < -0.4 is 15.4 Å². The third-order valence-electron chi connectivity index (χ3n) is 3.68. The summed E-state index contributed by atoms with van der Waals surface area (Å²) >= 11 is 1.76. The van der Waals surface area contributed by atoms with Gasteiger partial charge in [0.2, 0.25) is 5.91 Å². The first-order valence-electron chi connectivity index (χ1n) is 8.06. The highest BCUT2D eigenvalue weighted by molar-refractivity contribution is 14.0. The van der Waals surface area contributed by atoms with Crippen molar-refractivity contribution in [3.05, 3.63) is 29.8 Å². The fraction of sp³-hybridized carbons (Fsp3) is 0.529. The Morgan fingerprint density at radius 3 is 2.80 bits per heavy atom. The number of likely N-dealkylation sites (N-methyl/N-ethyl adjacent to an activating group) is 1. The average Bonchev–Trinajstić information content (AvgIpc) is 2.99. The average molecular weight is 478 g/mol. The van der Waals surface area contributed by atoms with E-state index in [-0.39, 0.29) is 42.5 Å². The first-order valence-corrected chi connectivity index (χ1v) is 9.45. The molecule has 1 aliphatic rings. The Bertz CT molecular complexity index is 559. The van der Waals surface area contributed by atoms with Crippen LogP contribution in [0.1, 0.15) is 5.56 Å². The van der Waals surface area contributed by atoms with Crippen LogP contribution in [0.25, 0.3) is 0 Å². The Hall–Kier alpha value is -1.16. The molecule has 25 heavy (non-hydrogen) atoms. The van der Waals surface area contributed by atoms with E-state index < -0.39 is 0 Å². The topological polar surface area (TPSA) is 66.0 Å². The normalized spacial score (nSPS) is 15.6. The molecule has 8 heteroatoms. The highest BCUT2D eigenvalue weighted by Gasteiger charge is 2.22. The highest BCUT2D eigenvalue weighted by atomic mass is 127. The second-order valence-electron chi connectivity index (χ2n) is 5.81. The summed E-state index contributed by atoms with van der Waals surface area (Å²) < 4.78 is 5.92. The number of guanidine groups is 1. The van der Waals surface area contributed by atoms with Crippen LogP contribution in [-0.4, -0.2) is 68.6 Å². The van der Waals surface area contributed by atoms with Gasteiger partial charge in [-0.05, 0) is 17.9 Å². The lowest BCUT2D eigenvalue weighted by atomic mass is 10.1. The second-order valence-corrected chi connectivity index (χ2v) is 6.79. The molecule has 0 spiro atoms. The summed E-state index contributed by atoms with van der Waals surface area (Å²) in [4.78, 5) is 17.6. The van der Waals surface area contributed by atoms with E-state index in [2.05, 4.69) is 27.9 Å². The molecule has 0 aromatic heterocycles. The van der Waals surface area contributed by atoms with Crippen molar-refractivity contribution >= 4 is 47.6 Å². The molecule has 1 atom stereocenters. The van der Waals surface area contributed by atoms with Crippen molar-refractivity contribution < 1.29 is 9.53 Å². The van der Waals surface area contributed by atoms with Gasteiger partial charge in [-0.25, -0.2) is 4.99 Å². The molecule has 1 amide bonds. The van der Waals surface area contributed by atoms with Crippen molar-refractivity contribution in [2.75, 3.05) is 45.7 Å². The highest BCUT2D eigenvalue weighted by Crippen LogP contribution is 2.27. The molecule has 1 unspecified atom stereocenters. The van der Waals surface area contributed by atoms with Gasteiger partial charge in [0.05, 0.1) is 6.54 Å². The first kappa shape index (κ1) is 21.9. The number of nitrogens with one attached hydrogen (secondary N) is 2. The van der Waals surface area contributed by atoms with Gasteiger partial charge < -0.3 is 20.3 Å². The van der Waals surface area contributed by atoms with Crippen molar-refractivity contribution in [3.8, 4) is 5.75 Å². The van der Waals surface area contributed by atoms with Crippen LogP contribution in [0.3, 0.4) is 0 Å². The molecule has 1 aliphatic heterocycles. The number of nitrogens with zero attached hydrogens (tertiary/aromatic N) is 2. The van der Waals surface area contributed by atoms with Crippen LogP contribution in [0.4, 0.5) is 0 Å². The van der Waals surface area contributed by atoms with Crippen molar-refractivity contribution in [2.45, 2.75) is 12.5 Å². The number of ether oxygens (including phenoxy) is 1. The van der Waals surface area contributed by atoms with Crippen LogP contribution in [0.5, 0.6) is 5.75 Å². The van der Waals surface area contributed by atoms with Gasteiger partial charge in [0.25, 0.3) is 0 Å². The van der Waals surface area contributed by atoms with Crippen LogP contribution in [0.2, 0.25) is 0 Å². The first-order chi connectivity index (χ1) is 11.6. The summed E-state index contributed by atoms with van der Waals surface area (Å²) in [7, 11) is 3.46. The number of para-hydroxylation sites is 1. The molecule has 0 bridgehead atoms. The number of fused-ring (bicyclic) bond motifs is 1. The Balaban J connectivity index is 0.00000312.